The maximum absolute atomic E-state index is 10.6. The molecule has 1 rings (SSSR count). The number of non-ortho nitro benzene ring substituents is 1. The highest BCUT2D eigenvalue weighted by Gasteiger charge is 2.20. The SMILES string of the molecule is CNC(C)C(Cc1ccc([N+](=O)[O-])cc1)C(C)C. The zero-order valence-electron chi connectivity index (χ0n) is 11.5. The largest absolute Gasteiger partial charge is 0.317 e. The van der Waals surface area contributed by atoms with Crippen LogP contribution in [0.4, 0.5) is 5.69 Å². The molecule has 0 saturated carbocycles. The van der Waals surface area contributed by atoms with Gasteiger partial charge in [0.25, 0.3) is 5.69 Å². The van der Waals surface area contributed by atoms with E-state index < -0.39 is 0 Å². The summed E-state index contributed by atoms with van der Waals surface area (Å²) < 4.78 is 0. The van der Waals surface area contributed by atoms with E-state index in [4.69, 9.17) is 0 Å². The van der Waals surface area contributed by atoms with Gasteiger partial charge < -0.3 is 5.32 Å². The van der Waals surface area contributed by atoms with Crippen LogP contribution in [-0.2, 0) is 6.42 Å². The Hall–Kier alpha value is -1.42. The first-order chi connectivity index (χ1) is 8.45. The van der Waals surface area contributed by atoms with Crippen LogP contribution in [0.1, 0.15) is 26.3 Å². The van der Waals surface area contributed by atoms with Crippen molar-refractivity contribution in [2.45, 2.75) is 33.2 Å². The summed E-state index contributed by atoms with van der Waals surface area (Å²) in [5.41, 5.74) is 1.31. The second kappa shape index (κ2) is 6.50. The van der Waals surface area contributed by atoms with E-state index in [1.54, 1.807) is 12.1 Å². The van der Waals surface area contributed by atoms with Crippen molar-refractivity contribution in [3.8, 4) is 0 Å². The molecular weight excluding hydrogens is 228 g/mol. The fraction of sp³-hybridized carbons (Fsp3) is 0.571. The van der Waals surface area contributed by atoms with Gasteiger partial charge in [-0.2, -0.15) is 0 Å². The number of hydrogen-bond acceptors (Lipinski definition) is 3. The Morgan fingerprint density at radius 1 is 1.22 bits per heavy atom. The Balaban J connectivity index is 2.78. The van der Waals surface area contributed by atoms with E-state index >= 15 is 0 Å². The molecular formula is C14H22N2O2. The van der Waals surface area contributed by atoms with Gasteiger partial charge >= 0.3 is 0 Å². The number of benzene rings is 1. The quantitative estimate of drug-likeness (QED) is 0.623. The van der Waals surface area contributed by atoms with Crippen LogP contribution < -0.4 is 5.32 Å². The molecule has 1 aromatic carbocycles. The average Bonchev–Trinajstić information content (AvgIpc) is 2.35. The van der Waals surface area contributed by atoms with Crippen molar-refractivity contribution < 1.29 is 4.92 Å². The summed E-state index contributed by atoms with van der Waals surface area (Å²) >= 11 is 0. The molecule has 100 valence electrons. The predicted molar refractivity (Wildman–Crippen MR) is 73.7 cm³/mol. The topological polar surface area (TPSA) is 55.2 Å². The second-order valence-electron chi connectivity index (χ2n) is 5.11. The third-order valence-corrected chi connectivity index (χ3v) is 3.57. The fourth-order valence-electron chi connectivity index (χ4n) is 2.23. The van der Waals surface area contributed by atoms with Crippen LogP contribution in [0.5, 0.6) is 0 Å². The van der Waals surface area contributed by atoms with Crippen molar-refractivity contribution >= 4 is 5.69 Å². The third-order valence-electron chi connectivity index (χ3n) is 3.57. The van der Waals surface area contributed by atoms with Gasteiger partial charge in [-0.25, -0.2) is 0 Å². The molecule has 0 bridgehead atoms. The Bertz CT molecular complexity index is 387. The molecule has 0 saturated heterocycles. The number of rotatable bonds is 6. The summed E-state index contributed by atoms with van der Waals surface area (Å²) in [6.07, 6.45) is 0.942. The molecule has 0 amide bonds. The lowest BCUT2D eigenvalue weighted by molar-refractivity contribution is -0.384. The van der Waals surface area contributed by atoms with Gasteiger partial charge in [0, 0.05) is 18.2 Å². The highest BCUT2D eigenvalue weighted by atomic mass is 16.6. The van der Waals surface area contributed by atoms with Crippen LogP contribution >= 0.6 is 0 Å². The van der Waals surface area contributed by atoms with Crippen LogP contribution in [0.2, 0.25) is 0 Å². The lowest BCUT2D eigenvalue weighted by atomic mass is 9.84. The molecule has 0 aliphatic carbocycles. The van der Waals surface area contributed by atoms with Gasteiger partial charge in [0.1, 0.15) is 0 Å². The molecule has 2 atom stereocenters. The van der Waals surface area contributed by atoms with E-state index in [-0.39, 0.29) is 10.6 Å². The molecule has 0 heterocycles. The zero-order valence-corrected chi connectivity index (χ0v) is 11.5. The summed E-state index contributed by atoms with van der Waals surface area (Å²) in [4.78, 5) is 10.2. The first kappa shape index (κ1) is 14.6. The molecule has 4 nitrogen and oxygen atoms in total. The summed E-state index contributed by atoms with van der Waals surface area (Å²) in [5.74, 6) is 1.10. The second-order valence-corrected chi connectivity index (χ2v) is 5.11. The van der Waals surface area contributed by atoms with Crippen molar-refractivity contribution in [1.29, 1.82) is 0 Å². The van der Waals surface area contributed by atoms with E-state index in [2.05, 4.69) is 26.1 Å². The molecule has 0 aromatic heterocycles. The van der Waals surface area contributed by atoms with Crippen molar-refractivity contribution in [3.63, 3.8) is 0 Å². The smallest absolute Gasteiger partial charge is 0.269 e. The Labute approximate surface area is 109 Å². The third kappa shape index (κ3) is 3.81. The minimum atomic E-state index is -0.361. The molecule has 1 N–H and O–H groups in total. The maximum Gasteiger partial charge on any atom is 0.269 e. The minimum Gasteiger partial charge on any atom is -0.317 e. The van der Waals surface area contributed by atoms with Gasteiger partial charge in [-0.1, -0.05) is 26.0 Å². The monoisotopic (exact) mass is 250 g/mol. The van der Waals surface area contributed by atoms with Crippen molar-refractivity contribution in [2.24, 2.45) is 11.8 Å². The van der Waals surface area contributed by atoms with E-state index in [9.17, 15) is 10.1 Å². The van der Waals surface area contributed by atoms with Gasteiger partial charge in [-0.15, -0.1) is 0 Å². The summed E-state index contributed by atoms with van der Waals surface area (Å²) in [6.45, 7) is 6.60. The first-order valence-electron chi connectivity index (χ1n) is 6.36. The van der Waals surface area contributed by atoms with E-state index in [1.807, 2.05) is 19.2 Å². The maximum atomic E-state index is 10.6. The van der Waals surface area contributed by atoms with Crippen LogP contribution in [0.3, 0.4) is 0 Å². The van der Waals surface area contributed by atoms with Gasteiger partial charge in [0.2, 0.25) is 0 Å². The number of nitrogens with one attached hydrogen (secondary N) is 1. The van der Waals surface area contributed by atoms with Crippen LogP contribution in [0.25, 0.3) is 0 Å². The molecule has 18 heavy (non-hydrogen) atoms. The molecule has 0 radical (unpaired) electrons. The Morgan fingerprint density at radius 3 is 2.17 bits per heavy atom. The van der Waals surface area contributed by atoms with Gasteiger partial charge in [-0.05, 0) is 37.8 Å². The Morgan fingerprint density at radius 2 is 1.78 bits per heavy atom. The first-order valence-corrected chi connectivity index (χ1v) is 6.36. The van der Waals surface area contributed by atoms with Crippen molar-refractivity contribution in [2.75, 3.05) is 7.05 Å². The van der Waals surface area contributed by atoms with Crippen LogP contribution in [0.15, 0.2) is 24.3 Å². The zero-order chi connectivity index (χ0) is 13.7. The molecule has 2 unspecified atom stereocenters. The predicted octanol–water partition coefficient (Wildman–Crippen LogP) is 3.02. The minimum absolute atomic E-state index is 0.154. The van der Waals surface area contributed by atoms with E-state index in [0.717, 1.165) is 12.0 Å². The number of hydrogen-bond donors (Lipinski definition) is 1. The number of nitro groups is 1. The van der Waals surface area contributed by atoms with Crippen molar-refractivity contribution in [3.05, 3.63) is 39.9 Å². The summed E-state index contributed by atoms with van der Waals surface area (Å²) in [7, 11) is 1.97. The standard InChI is InChI=1S/C14H22N2O2/c1-10(2)14(11(3)15-4)9-12-5-7-13(8-6-12)16(17)18/h5-8,10-11,14-15H,9H2,1-4H3. The lowest BCUT2D eigenvalue weighted by Gasteiger charge is -2.27. The van der Waals surface area contributed by atoms with Crippen LogP contribution in [-0.4, -0.2) is 18.0 Å². The Kier molecular flexibility index (Phi) is 5.28. The molecule has 1 aromatic rings. The summed E-state index contributed by atoms with van der Waals surface area (Å²) in [5, 5.41) is 13.9. The molecule has 4 heteroatoms. The van der Waals surface area contributed by atoms with Gasteiger partial charge in [-0.3, -0.25) is 10.1 Å². The molecule has 0 spiro atoms. The molecule has 0 fully saturated rings. The number of nitrogens with zero attached hydrogens (tertiary/aromatic N) is 1. The van der Waals surface area contributed by atoms with Gasteiger partial charge in [0.15, 0.2) is 0 Å². The summed E-state index contributed by atoms with van der Waals surface area (Å²) in [6, 6.07) is 7.31. The fourth-order valence-corrected chi connectivity index (χ4v) is 2.23. The lowest BCUT2D eigenvalue weighted by Crippen LogP contribution is -2.35. The van der Waals surface area contributed by atoms with E-state index in [0.29, 0.717) is 17.9 Å². The normalized spacial score (nSPS) is 14.5. The average molecular weight is 250 g/mol. The molecule has 0 aliphatic heterocycles. The van der Waals surface area contributed by atoms with Gasteiger partial charge in [0.05, 0.1) is 4.92 Å². The van der Waals surface area contributed by atoms with E-state index in [1.165, 1.54) is 0 Å². The van der Waals surface area contributed by atoms with Crippen LogP contribution in [0, 0.1) is 22.0 Å². The highest BCUT2D eigenvalue weighted by Crippen LogP contribution is 2.22. The molecule has 0 aliphatic rings. The highest BCUT2D eigenvalue weighted by molar-refractivity contribution is 5.33. The van der Waals surface area contributed by atoms with Crippen molar-refractivity contribution in [1.82, 2.24) is 5.32 Å². The number of nitro benzene ring substituents is 1.